The van der Waals surface area contributed by atoms with E-state index in [1.807, 2.05) is 45.8 Å². The number of benzene rings is 1. The largest absolute Gasteiger partial charge is 0.385 e. The summed E-state index contributed by atoms with van der Waals surface area (Å²) >= 11 is 5.93. The third kappa shape index (κ3) is 3.88. The molecule has 0 aliphatic carbocycles. The summed E-state index contributed by atoms with van der Waals surface area (Å²) in [6.07, 6.45) is 4.92. The minimum Gasteiger partial charge on any atom is -0.385 e. The summed E-state index contributed by atoms with van der Waals surface area (Å²) in [5.74, 6) is 1.01. The lowest BCUT2D eigenvalue weighted by Gasteiger charge is -2.38. The molecule has 28 heavy (non-hydrogen) atoms. The molecule has 1 aliphatic heterocycles. The Balaban J connectivity index is 1.29. The molecule has 3 heterocycles. The van der Waals surface area contributed by atoms with Gasteiger partial charge in [-0.3, -0.25) is 9.20 Å². The first-order valence-electron chi connectivity index (χ1n) is 9.60. The molecule has 0 unspecified atom stereocenters. The molecule has 4 rings (SSSR count). The average Bonchev–Trinajstić information content (AvgIpc) is 3.12. The summed E-state index contributed by atoms with van der Waals surface area (Å²) in [6, 6.07) is 13.1. The fraction of sp³-hybridized carbons (Fsp3) is 0.381. The Morgan fingerprint density at radius 1 is 1.11 bits per heavy atom. The summed E-state index contributed by atoms with van der Waals surface area (Å²) < 4.78 is 1.96. The molecule has 146 valence electrons. The van der Waals surface area contributed by atoms with E-state index in [0.717, 1.165) is 23.5 Å². The number of pyridine rings is 1. The van der Waals surface area contributed by atoms with Crippen molar-refractivity contribution in [3.05, 3.63) is 65.1 Å². The number of hydrogen-bond acceptors (Lipinski definition) is 4. The van der Waals surface area contributed by atoms with Gasteiger partial charge >= 0.3 is 0 Å². The number of halogens is 1. The van der Waals surface area contributed by atoms with Crippen LogP contribution in [0.4, 0.5) is 0 Å². The Hall–Kier alpha value is -2.44. The lowest BCUT2D eigenvalue weighted by Crippen LogP contribution is -2.45. The van der Waals surface area contributed by atoms with Crippen LogP contribution in [0.1, 0.15) is 37.1 Å². The van der Waals surface area contributed by atoms with Gasteiger partial charge in [-0.1, -0.05) is 29.8 Å². The zero-order chi connectivity index (χ0) is 19.6. The standard InChI is InChI=1S/C21H23ClN4O2/c22-17-9-7-16(8-10-17)21(28)11-14-25(15-12-21)20(27)6-3-5-19-24-23-18-4-1-2-13-26(18)19/h1-2,4,7-10,13,28H,3,5-6,11-12,14-15H2. The van der Waals surface area contributed by atoms with E-state index in [-0.39, 0.29) is 5.91 Å². The number of likely N-dealkylation sites (tertiary alicyclic amines) is 1. The molecule has 6 nitrogen and oxygen atoms in total. The molecular formula is C21H23ClN4O2. The predicted molar refractivity (Wildman–Crippen MR) is 107 cm³/mol. The second-order valence-corrected chi connectivity index (χ2v) is 7.75. The highest BCUT2D eigenvalue weighted by Crippen LogP contribution is 2.33. The highest BCUT2D eigenvalue weighted by Gasteiger charge is 2.35. The van der Waals surface area contributed by atoms with E-state index in [1.165, 1.54) is 0 Å². The number of carbonyl (C=O) groups is 1. The Labute approximate surface area is 168 Å². The maximum absolute atomic E-state index is 12.6. The van der Waals surface area contributed by atoms with Gasteiger partial charge < -0.3 is 10.0 Å². The predicted octanol–water partition coefficient (Wildman–Crippen LogP) is 3.22. The zero-order valence-electron chi connectivity index (χ0n) is 15.6. The van der Waals surface area contributed by atoms with Crippen molar-refractivity contribution in [2.75, 3.05) is 13.1 Å². The van der Waals surface area contributed by atoms with Crippen molar-refractivity contribution in [3.8, 4) is 0 Å². The van der Waals surface area contributed by atoms with Gasteiger partial charge in [0, 0.05) is 37.2 Å². The summed E-state index contributed by atoms with van der Waals surface area (Å²) in [6.45, 7) is 1.12. The van der Waals surface area contributed by atoms with Gasteiger partial charge in [-0.25, -0.2) is 0 Å². The van der Waals surface area contributed by atoms with Crippen molar-refractivity contribution >= 4 is 23.2 Å². The zero-order valence-corrected chi connectivity index (χ0v) is 16.3. The number of piperidine rings is 1. The van der Waals surface area contributed by atoms with Crippen molar-refractivity contribution in [3.63, 3.8) is 0 Å². The Morgan fingerprint density at radius 3 is 2.61 bits per heavy atom. The van der Waals surface area contributed by atoms with Gasteiger partial charge in [0.25, 0.3) is 0 Å². The molecule has 0 saturated carbocycles. The van der Waals surface area contributed by atoms with Gasteiger partial charge in [-0.05, 0) is 49.1 Å². The summed E-state index contributed by atoms with van der Waals surface area (Å²) in [4.78, 5) is 14.4. The number of aryl methyl sites for hydroxylation is 1. The first-order valence-corrected chi connectivity index (χ1v) is 9.98. The number of amides is 1. The molecule has 1 fully saturated rings. The highest BCUT2D eigenvalue weighted by atomic mass is 35.5. The second kappa shape index (κ2) is 7.89. The molecule has 0 spiro atoms. The van der Waals surface area contributed by atoms with E-state index in [9.17, 15) is 9.90 Å². The lowest BCUT2D eigenvalue weighted by atomic mass is 9.84. The molecule has 2 aromatic heterocycles. The van der Waals surface area contributed by atoms with Crippen molar-refractivity contribution in [2.24, 2.45) is 0 Å². The van der Waals surface area contributed by atoms with Crippen LogP contribution < -0.4 is 0 Å². The number of rotatable bonds is 5. The second-order valence-electron chi connectivity index (χ2n) is 7.32. The van der Waals surface area contributed by atoms with Gasteiger partial charge in [0.2, 0.25) is 5.91 Å². The van der Waals surface area contributed by atoms with Crippen LogP contribution in [0.3, 0.4) is 0 Å². The normalized spacial score (nSPS) is 16.4. The van der Waals surface area contributed by atoms with E-state index >= 15 is 0 Å². The summed E-state index contributed by atoms with van der Waals surface area (Å²) in [5.41, 5.74) is 0.797. The van der Waals surface area contributed by atoms with Crippen LogP contribution in [0.2, 0.25) is 5.02 Å². The molecule has 1 aliphatic rings. The number of hydrogen-bond donors (Lipinski definition) is 1. The fourth-order valence-electron chi connectivity index (χ4n) is 3.79. The smallest absolute Gasteiger partial charge is 0.222 e. The van der Waals surface area contributed by atoms with Gasteiger partial charge in [-0.2, -0.15) is 0 Å². The average molecular weight is 399 g/mol. The van der Waals surface area contributed by atoms with Crippen LogP contribution in [0, 0.1) is 0 Å². The first kappa shape index (κ1) is 18.9. The van der Waals surface area contributed by atoms with Gasteiger partial charge in [0.1, 0.15) is 5.82 Å². The number of aromatic nitrogens is 3. The number of aliphatic hydroxyl groups is 1. The van der Waals surface area contributed by atoms with Gasteiger partial charge in [-0.15, -0.1) is 10.2 Å². The van der Waals surface area contributed by atoms with Crippen LogP contribution in [0.5, 0.6) is 0 Å². The Morgan fingerprint density at radius 2 is 1.86 bits per heavy atom. The molecule has 1 saturated heterocycles. The molecule has 1 N–H and O–H groups in total. The number of nitrogens with zero attached hydrogens (tertiary/aromatic N) is 4. The molecule has 0 radical (unpaired) electrons. The maximum Gasteiger partial charge on any atom is 0.222 e. The molecule has 0 bridgehead atoms. The van der Waals surface area contributed by atoms with Crippen LogP contribution >= 0.6 is 11.6 Å². The van der Waals surface area contributed by atoms with Crippen molar-refractivity contribution in [1.29, 1.82) is 0 Å². The van der Waals surface area contributed by atoms with Crippen LogP contribution in [0.25, 0.3) is 5.65 Å². The van der Waals surface area contributed by atoms with Crippen molar-refractivity contribution in [1.82, 2.24) is 19.5 Å². The van der Waals surface area contributed by atoms with Crippen molar-refractivity contribution < 1.29 is 9.90 Å². The molecule has 1 aromatic carbocycles. The SMILES string of the molecule is O=C(CCCc1nnc2ccccn12)N1CCC(O)(c2ccc(Cl)cc2)CC1. The summed E-state index contributed by atoms with van der Waals surface area (Å²) in [7, 11) is 0. The molecular weight excluding hydrogens is 376 g/mol. The van der Waals surface area contributed by atoms with Crippen molar-refractivity contribution in [2.45, 2.75) is 37.7 Å². The van der Waals surface area contributed by atoms with E-state index in [2.05, 4.69) is 10.2 Å². The molecule has 7 heteroatoms. The molecule has 1 amide bonds. The minimum absolute atomic E-state index is 0.131. The molecule has 0 atom stereocenters. The third-order valence-corrected chi connectivity index (χ3v) is 5.75. The molecule has 3 aromatic rings. The number of fused-ring (bicyclic) bond motifs is 1. The first-order chi connectivity index (χ1) is 13.5. The van der Waals surface area contributed by atoms with Crippen LogP contribution in [0.15, 0.2) is 48.7 Å². The van der Waals surface area contributed by atoms with Gasteiger partial charge in [0.05, 0.1) is 5.60 Å². The topological polar surface area (TPSA) is 70.7 Å². The van der Waals surface area contributed by atoms with E-state index in [1.54, 1.807) is 12.1 Å². The van der Waals surface area contributed by atoms with E-state index < -0.39 is 5.60 Å². The Kier molecular flexibility index (Phi) is 5.33. The van der Waals surface area contributed by atoms with Crippen LogP contribution in [-0.2, 0) is 16.8 Å². The number of carbonyl (C=O) groups excluding carboxylic acids is 1. The fourth-order valence-corrected chi connectivity index (χ4v) is 3.92. The minimum atomic E-state index is -0.887. The van der Waals surface area contributed by atoms with E-state index in [0.29, 0.717) is 43.8 Å². The summed E-state index contributed by atoms with van der Waals surface area (Å²) in [5, 5.41) is 19.9. The third-order valence-electron chi connectivity index (χ3n) is 5.50. The lowest BCUT2D eigenvalue weighted by molar-refractivity contribution is -0.135. The Bertz CT molecular complexity index is 962. The highest BCUT2D eigenvalue weighted by molar-refractivity contribution is 6.30. The maximum atomic E-state index is 12.6. The van der Waals surface area contributed by atoms with E-state index in [4.69, 9.17) is 11.6 Å². The monoisotopic (exact) mass is 398 g/mol. The quantitative estimate of drug-likeness (QED) is 0.716. The van der Waals surface area contributed by atoms with Gasteiger partial charge in [0.15, 0.2) is 5.65 Å². The van der Waals surface area contributed by atoms with Crippen LogP contribution in [-0.4, -0.2) is 43.6 Å².